The lowest BCUT2D eigenvalue weighted by Crippen LogP contribution is -2.43. The largest absolute Gasteiger partial charge is 0.497 e. The molecule has 1 fully saturated rings. The molecule has 3 rings (SSSR count). The number of amides is 3. The van der Waals surface area contributed by atoms with Gasteiger partial charge in [-0.3, -0.25) is 4.79 Å². The van der Waals surface area contributed by atoms with Gasteiger partial charge in [0.15, 0.2) is 0 Å². The lowest BCUT2D eigenvalue weighted by atomic mass is 10.2. The van der Waals surface area contributed by atoms with Gasteiger partial charge in [-0.2, -0.15) is 0 Å². The monoisotopic (exact) mass is 329 g/mol. The highest BCUT2D eigenvalue weighted by molar-refractivity contribution is 5.96. The molecule has 7 nitrogen and oxygen atoms in total. The van der Waals surface area contributed by atoms with Crippen LogP contribution in [0, 0.1) is 0 Å². The van der Waals surface area contributed by atoms with Gasteiger partial charge in [0.05, 0.1) is 26.0 Å². The summed E-state index contributed by atoms with van der Waals surface area (Å²) >= 11 is 0. The van der Waals surface area contributed by atoms with Crippen molar-refractivity contribution in [3.05, 3.63) is 48.4 Å². The Balaban J connectivity index is 1.53. The number of ether oxygens (including phenoxy) is 1. The maximum absolute atomic E-state index is 12.2. The van der Waals surface area contributed by atoms with E-state index in [9.17, 15) is 9.59 Å². The Morgan fingerprint density at radius 2 is 2.12 bits per heavy atom. The molecule has 7 heteroatoms. The van der Waals surface area contributed by atoms with Crippen LogP contribution in [-0.2, 0) is 11.3 Å². The number of nitrogens with zero attached hydrogens (tertiary/aromatic N) is 1. The molecule has 1 unspecified atom stereocenters. The summed E-state index contributed by atoms with van der Waals surface area (Å²) in [6, 6.07) is 10.3. The van der Waals surface area contributed by atoms with Gasteiger partial charge in [0.25, 0.3) is 0 Å². The van der Waals surface area contributed by atoms with E-state index in [-0.39, 0.29) is 24.4 Å². The Morgan fingerprint density at radius 3 is 2.79 bits per heavy atom. The van der Waals surface area contributed by atoms with E-state index in [0.29, 0.717) is 18.8 Å². The zero-order chi connectivity index (χ0) is 16.9. The van der Waals surface area contributed by atoms with Gasteiger partial charge in [-0.15, -0.1) is 0 Å². The van der Waals surface area contributed by atoms with Crippen molar-refractivity contribution in [3.63, 3.8) is 0 Å². The maximum atomic E-state index is 12.2. The number of rotatable bonds is 5. The van der Waals surface area contributed by atoms with Crippen molar-refractivity contribution in [2.75, 3.05) is 18.6 Å². The van der Waals surface area contributed by atoms with Crippen LogP contribution < -0.4 is 20.3 Å². The second-order valence-corrected chi connectivity index (χ2v) is 5.51. The highest BCUT2D eigenvalue weighted by Gasteiger charge is 2.31. The van der Waals surface area contributed by atoms with Crippen molar-refractivity contribution in [1.29, 1.82) is 0 Å². The van der Waals surface area contributed by atoms with Crippen LogP contribution in [0.2, 0.25) is 0 Å². The highest BCUT2D eigenvalue weighted by Crippen LogP contribution is 2.24. The Morgan fingerprint density at radius 1 is 1.33 bits per heavy atom. The summed E-state index contributed by atoms with van der Waals surface area (Å²) in [4.78, 5) is 25.8. The maximum Gasteiger partial charge on any atom is 0.315 e. The molecule has 0 radical (unpaired) electrons. The smallest absolute Gasteiger partial charge is 0.315 e. The van der Waals surface area contributed by atoms with Crippen molar-refractivity contribution < 1.29 is 18.7 Å². The first-order chi connectivity index (χ1) is 11.7. The third-order valence-corrected chi connectivity index (χ3v) is 3.85. The van der Waals surface area contributed by atoms with Crippen molar-refractivity contribution >= 4 is 17.6 Å². The van der Waals surface area contributed by atoms with Gasteiger partial charge < -0.3 is 24.7 Å². The molecule has 1 aromatic carbocycles. The fourth-order valence-electron chi connectivity index (χ4n) is 2.63. The zero-order valence-electron chi connectivity index (χ0n) is 13.3. The number of hydrogen-bond donors (Lipinski definition) is 2. The molecular formula is C17H19N3O4. The van der Waals surface area contributed by atoms with Gasteiger partial charge in [-0.25, -0.2) is 4.79 Å². The average molecular weight is 329 g/mol. The number of hydrogen-bond acceptors (Lipinski definition) is 4. The number of benzene rings is 1. The number of anilines is 1. The van der Waals surface area contributed by atoms with Gasteiger partial charge in [0.2, 0.25) is 5.91 Å². The Hall–Kier alpha value is -2.96. The average Bonchev–Trinajstić information content (AvgIpc) is 3.23. The van der Waals surface area contributed by atoms with Crippen LogP contribution in [0.3, 0.4) is 0 Å². The Kier molecular flexibility index (Phi) is 4.69. The third-order valence-electron chi connectivity index (χ3n) is 3.85. The van der Waals surface area contributed by atoms with Crippen LogP contribution in [-0.4, -0.2) is 31.6 Å². The molecule has 0 bridgehead atoms. The van der Waals surface area contributed by atoms with E-state index in [1.165, 1.54) is 0 Å². The molecule has 0 aliphatic carbocycles. The topological polar surface area (TPSA) is 83.8 Å². The quantitative estimate of drug-likeness (QED) is 0.877. The summed E-state index contributed by atoms with van der Waals surface area (Å²) in [7, 11) is 1.59. The lowest BCUT2D eigenvalue weighted by Gasteiger charge is -2.17. The molecule has 0 saturated carbocycles. The Labute approximate surface area is 139 Å². The fraction of sp³-hybridized carbons (Fsp3) is 0.294. The number of nitrogens with one attached hydrogen (secondary N) is 2. The number of carbonyl (C=O) groups is 2. The van der Waals surface area contributed by atoms with Crippen LogP contribution in [0.4, 0.5) is 10.5 Å². The predicted octanol–water partition coefficient (Wildman–Crippen LogP) is 1.89. The fourth-order valence-corrected chi connectivity index (χ4v) is 2.63. The van der Waals surface area contributed by atoms with Crippen molar-refractivity contribution in [1.82, 2.24) is 10.6 Å². The number of carbonyl (C=O) groups excluding carboxylic acids is 2. The molecule has 24 heavy (non-hydrogen) atoms. The molecule has 1 aliphatic heterocycles. The van der Waals surface area contributed by atoms with E-state index in [4.69, 9.17) is 9.15 Å². The van der Waals surface area contributed by atoms with Gasteiger partial charge in [-0.05, 0) is 36.4 Å². The SMILES string of the molecule is COc1ccc(N2CC(NC(=O)NCc3ccco3)CC2=O)cc1. The molecule has 2 heterocycles. The summed E-state index contributed by atoms with van der Waals surface area (Å²) in [6.45, 7) is 0.751. The summed E-state index contributed by atoms with van der Waals surface area (Å²) in [5.74, 6) is 1.39. The standard InChI is InChI=1S/C17H19N3O4/c1-23-14-6-4-13(5-7-14)20-11-12(9-16(20)21)19-17(22)18-10-15-3-2-8-24-15/h2-8,12H,9-11H2,1H3,(H2,18,19,22). The van der Waals surface area contributed by atoms with Crippen LogP contribution in [0.15, 0.2) is 47.1 Å². The first-order valence-electron chi connectivity index (χ1n) is 7.67. The molecule has 3 amide bonds. The van der Waals surface area contributed by atoms with E-state index in [0.717, 1.165) is 11.4 Å². The van der Waals surface area contributed by atoms with Gasteiger partial charge >= 0.3 is 6.03 Å². The highest BCUT2D eigenvalue weighted by atomic mass is 16.5. The van der Waals surface area contributed by atoms with E-state index in [2.05, 4.69) is 10.6 Å². The second kappa shape index (κ2) is 7.08. The first-order valence-corrected chi connectivity index (χ1v) is 7.67. The summed E-state index contributed by atoms with van der Waals surface area (Å²) in [5, 5.41) is 5.52. The molecule has 1 saturated heterocycles. The van der Waals surface area contributed by atoms with E-state index in [1.54, 1.807) is 42.5 Å². The summed E-state index contributed by atoms with van der Waals surface area (Å²) in [6.07, 6.45) is 1.83. The molecule has 2 N–H and O–H groups in total. The van der Waals surface area contributed by atoms with E-state index < -0.39 is 0 Å². The van der Waals surface area contributed by atoms with Crippen LogP contribution in [0.1, 0.15) is 12.2 Å². The number of urea groups is 1. The van der Waals surface area contributed by atoms with E-state index >= 15 is 0 Å². The minimum atomic E-state index is -0.319. The number of methoxy groups -OCH3 is 1. The second-order valence-electron chi connectivity index (χ2n) is 5.51. The van der Waals surface area contributed by atoms with Crippen molar-refractivity contribution in [2.45, 2.75) is 19.0 Å². The minimum absolute atomic E-state index is 0.0171. The predicted molar refractivity (Wildman–Crippen MR) is 87.8 cm³/mol. The van der Waals surface area contributed by atoms with Crippen LogP contribution >= 0.6 is 0 Å². The molecule has 1 aliphatic rings. The molecular weight excluding hydrogens is 310 g/mol. The molecule has 0 spiro atoms. The summed E-state index contributed by atoms with van der Waals surface area (Å²) < 4.78 is 10.3. The van der Waals surface area contributed by atoms with E-state index in [1.807, 2.05) is 12.1 Å². The van der Waals surface area contributed by atoms with Crippen molar-refractivity contribution in [3.8, 4) is 5.75 Å². The minimum Gasteiger partial charge on any atom is -0.497 e. The van der Waals surface area contributed by atoms with Gasteiger partial charge in [0, 0.05) is 18.7 Å². The molecule has 2 aromatic rings. The number of furan rings is 1. The molecule has 1 atom stereocenters. The Bertz CT molecular complexity index is 697. The molecule has 1 aromatic heterocycles. The van der Waals surface area contributed by atoms with Crippen LogP contribution in [0.5, 0.6) is 5.75 Å². The summed E-state index contributed by atoms with van der Waals surface area (Å²) in [5.41, 5.74) is 0.793. The lowest BCUT2D eigenvalue weighted by molar-refractivity contribution is -0.117. The third kappa shape index (κ3) is 3.68. The van der Waals surface area contributed by atoms with Gasteiger partial charge in [0.1, 0.15) is 11.5 Å². The van der Waals surface area contributed by atoms with Gasteiger partial charge in [-0.1, -0.05) is 0 Å². The zero-order valence-corrected chi connectivity index (χ0v) is 13.3. The van der Waals surface area contributed by atoms with Crippen molar-refractivity contribution in [2.24, 2.45) is 0 Å². The first kappa shape index (κ1) is 15.9. The molecule has 126 valence electrons. The van der Waals surface area contributed by atoms with Crippen LogP contribution in [0.25, 0.3) is 0 Å². The normalized spacial score (nSPS) is 17.0.